The van der Waals surface area contributed by atoms with Gasteiger partial charge in [0.05, 0.1) is 18.9 Å². The summed E-state index contributed by atoms with van der Waals surface area (Å²) in [5, 5.41) is 9.26. The van der Waals surface area contributed by atoms with E-state index in [-0.39, 0.29) is 5.56 Å². The van der Waals surface area contributed by atoms with Gasteiger partial charge in [-0.05, 0) is 6.92 Å². The molecule has 0 unspecified atom stereocenters. The van der Waals surface area contributed by atoms with Gasteiger partial charge in [0.15, 0.2) is 5.56 Å². The van der Waals surface area contributed by atoms with E-state index in [4.69, 9.17) is 9.15 Å². The molecule has 1 aromatic carbocycles. The van der Waals surface area contributed by atoms with Crippen molar-refractivity contribution < 1.29 is 9.15 Å². The maximum atomic E-state index is 12.1. The largest absolute Gasteiger partial charge is 0.422 e. The molecule has 2 aromatic rings. The van der Waals surface area contributed by atoms with Gasteiger partial charge in [-0.2, -0.15) is 5.26 Å². The van der Waals surface area contributed by atoms with Gasteiger partial charge >= 0.3 is 5.63 Å². The lowest BCUT2D eigenvalue weighted by Crippen LogP contribution is -2.37. The van der Waals surface area contributed by atoms with Gasteiger partial charge in [0.25, 0.3) is 0 Å². The molecular formula is C17H16N2O3. The molecule has 1 fully saturated rings. The van der Waals surface area contributed by atoms with Gasteiger partial charge in [-0.25, -0.2) is 4.79 Å². The molecule has 0 amide bonds. The summed E-state index contributed by atoms with van der Waals surface area (Å²) in [6.07, 6.45) is 0. The molecule has 0 aliphatic carbocycles. The van der Waals surface area contributed by atoms with E-state index in [9.17, 15) is 10.1 Å². The number of aryl methyl sites for hydroxylation is 1. The van der Waals surface area contributed by atoms with Crippen molar-refractivity contribution in [3.63, 3.8) is 0 Å². The summed E-state index contributed by atoms with van der Waals surface area (Å²) in [6, 6.07) is 11.5. The lowest BCUT2D eigenvalue weighted by molar-refractivity contribution is 0.122. The van der Waals surface area contributed by atoms with Crippen LogP contribution in [-0.4, -0.2) is 26.3 Å². The van der Waals surface area contributed by atoms with Crippen LogP contribution in [0.25, 0.3) is 11.3 Å². The molecule has 0 spiro atoms. The lowest BCUT2D eigenvalue weighted by atomic mass is 10.1. The molecule has 1 aromatic heterocycles. The average Bonchev–Trinajstić information content (AvgIpc) is 2.55. The molecule has 22 heavy (non-hydrogen) atoms. The number of morpholine rings is 1. The zero-order valence-electron chi connectivity index (χ0n) is 12.3. The van der Waals surface area contributed by atoms with Gasteiger partial charge in [0.1, 0.15) is 11.8 Å². The summed E-state index contributed by atoms with van der Waals surface area (Å²) >= 11 is 0. The number of ether oxygens (including phenoxy) is 1. The Labute approximate surface area is 128 Å². The Balaban J connectivity index is 2.09. The second-order valence-electron chi connectivity index (χ2n) is 5.24. The van der Waals surface area contributed by atoms with Crippen molar-refractivity contribution >= 4 is 5.69 Å². The Kier molecular flexibility index (Phi) is 3.94. The second-order valence-corrected chi connectivity index (χ2v) is 5.24. The molecule has 5 heteroatoms. The third kappa shape index (κ3) is 2.74. The normalized spacial score (nSPS) is 14.6. The van der Waals surface area contributed by atoms with Crippen molar-refractivity contribution in [2.75, 3.05) is 31.2 Å². The first-order valence-corrected chi connectivity index (χ1v) is 7.17. The highest BCUT2D eigenvalue weighted by atomic mass is 16.5. The average molecular weight is 296 g/mol. The molecule has 0 atom stereocenters. The number of rotatable bonds is 2. The lowest BCUT2D eigenvalue weighted by Gasteiger charge is -2.29. The third-order valence-corrected chi connectivity index (χ3v) is 3.73. The van der Waals surface area contributed by atoms with Crippen LogP contribution < -0.4 is 10.5 Å². The van der Waals surface area contributed by atoms with E-state index >= 15 is 0 Å². The van der Waals surface area contributed by atoms with E-state index in [0.29, 0.717) is 37.8 Å². The standard InChI is InChI=1S/C17H16N2O3/c1-12-2-4-13(5-3-12)16-10-15(14(11-18)17(20)22-16)19-6-8-21-9-7-19/h2-5,10H,6-9H2,1H3. The van der Waals surface area contributed by atoms with Crippen LogP contribution in [0.4, 0.5) is 5.69 Å². The minimum absolute atomic E-state index is 0.0535. The summed E-state index contributed by atoms with van der Waals surface area (Å²) in [6.45, 7) is 4.49. The maximum Gasteiger partial charge on any atom is 0.356 e. The maximum absolute atomic E-state index is 12.1. The number of hydrogen-bond donors (Lipinski definition) is 0. The predicted molar refractivity (Wildman–Crippen MR) is 82.9 cm³/mol. The Morgan fingerprint density at radius 3 is 2.50 bits per heavy atom. The van der Waals surface area contributed by atoms with Crippen LogP contribution in [0.1, 0.15) is 11.1 Å². The highest BCUT2D eigenvalue weighted by Crippen LogP contribution is 2.26. The molecule has 0 bridgehead atoms. The van der Waals surface area contributed by atoms with Crippen LogP contribution in [0, 0.1) is 18.3 Å². The van der Waals surface area contributed by atoms with E-state index in [1.165, 1.54) is 0 Å². The first-order chi connectivity index (χ1) is 10.7. The van der Waals surface area contributed by atoms with Gasteiger partial charge in [0.2, 0.25) is 0 Å². The van der Waals surface area contributed by atoms with Crippen LogP contribution >= 0.6 is 0 Å². The van der Waals surface area contributed by atoms with E-state index in [2.05, 4.69) is 0 Å². The van der Waals surface area contributed by atoms with Crippen molar-refractivity contribution in [3.8, 4) is 17.4 Å². The number of nitriles is 1. The molecule has 3 rings (SSSR count). The summed E-state index contributed by atoms with van der Waals surface area (Å²) in [5.41, 5.74) is 2.03. The Morgan fingerprint density at radius 2 is 1.86 bits per heavy atom. The number of benzene rings is 1. The zero-order valence-corrected chi connectivity index (χ0v) is 12.3. The summed E-state index contributed by atoms with van der Waals surface area (Å²) < 4.78 is 10.6. The van der Waals surface area contributed by atoms with Gasteiger partial charge in [-0.1, -0.05) is 29.8 Å². The second kappa shape index (κ2) is 6.04. The van der Waals surface area contributed by atoms with E-state index in [1.807, 2.05) is 42.2 Å². The molecule has 0 saturated carbocycles. The van der Waals surface area contributed by atoms with Crippen LogP contribution in [0.3, 0.4) is 0 Å². The number of hydrogen-bond acceptors (Lipinski definition) is 5. The molecule has 112 valence electrons. The van der Waals surface area contributed by atoms with E-state index in [0.717, 1.165) is 11.1 Å². The fraction of sp³-hybridized carbons (Fsp3) is 0.294. The van der Waals surface area contributed by atoms with E-state index in [1.54, 1.807) is 6.07 Å². The van der Waals surface area contributed by atoms with Crippen molar-refractivity contribution in [2.24, 2.45) is 0 Å². The van der Waals surface area contributed by atoms with Crippen LogP contribution in [-0.2, 0) is 4.74 Å². The predicted octanol–water partition coefficient (Wildman–Crippen LogP) is 2.32. The Morgan fingerprint density at radius 1 is 1.18 bits per heavy atom. The van der Waals surface area contributed by atoms with Gasteiger partial charge in [0, 0.05) is 24.7 Å². The first-order valence-electron chi connectivity index (χ1n) is 7.17. The zero-order chi connectivity index (χ0) is 15.5. The molecule has 5 nitrogen and oxygen atoms in total. The molecule has 1 saturated heterocycles. The SMILES string of the molecule is Cc1ccc(-c2cc(N3CCOCC3)c(C#N)c(=O)o2)cc1. The third-order valence-electron chi connectivity index (χ3n) is 3.73. The summed E-state index contributed by atoms with van der Waals surface area (Å²) in [7, 11) is 0. The molecule has 2 heterocycles. The topological polar surface area (TPSA) is 66.5 Å². The fourth-order valence-corrected chi connectivity index (χ4v) is 2.50. The van der Waals surface area contributed by atoms with Crippen LogP contribution in [0.15, 0.2) is 39.5 Å². The van der Waals surface area contributed by atoms with Crippen LogP contribution in [0.2, 0.25) is 0 Å². The molecule has 0 radical (unpaired) electrons. The highest BCUT2D eigenvalue weighted by molar-refractivity contribution is 5.67. The Bertz CT molecular complexity index is 766. The fourth-order valence-electron chi connectivity index (χ4n) is 2.50. The monoisotopic (exact) mass is 296 g/mol. The van der Waals surface area contributed by atoms with Crippen molar-refractivity contribution in [2.45, 2.75) is 6.92 Å². The quantitative estimate of drug-likeness (QED) is 0.851. The minimum Gasteiger partial charge on any atom is -0.422 e. The van der Waals surface area contributed by atoms with Crippen molar-refractivity contribution in [1.29, 1.82) is 5.26 Å². The smallest absolute Gasteiger partial charge is 0.356 e. The van der Waals surface area contributed by atoms with Gasteiger partial charge < -0.3 is 14.1 Å². The first kappa shape index (κ1) is 14.4. The van der Waals surface area contributed by atoms with Gasteiger partial charge in [-0.15, -0.1) is 0 Å². The minimum atomic E-state index is -0.595. The molecule has 1 aliphatic rings. The Hall–Kier alpha value is -2.58. The molecule has 0 N–H and O–H groups in total. The van der Waals surface area contributed by atoms with Crippen LogP contribution in [0.5, 0.6) is 0 Å². The highest BCUT2D eigenvalue weighted by Gasteiger charge is 2.20. The number of nitrogens with zero attached hydrogens (tertiary/aromatic N) is 2. The van der Waals surface area contributed by atoms with Gasteiger partial charge in [-0.3, -0.25) is 0 Å². The summed E-state index contributed by atoms with van der Waals surface area (Å²) in [4.78, 5) is 14.1. The molecular weight excluding hydrogens is 280 g/mol. The number of anilines is 1. The van der Waals surface area contributed by atoms with E-state index < -0.39 is 5.63 Å². The van der Waals surface area contributed by atoms with Crippen molar-refractivity contribution in [3.05, 3.63) is 51.9 Å². The van der Waals surface area contributed by atoms with Crippen molar-refractivity contribution in [1.82, 2.24) is 0 Å². The molecule has 1 aliphatic heterocycles. The summed E-state index contributed by atoms with van der Waals surface area (Å²) in [5.74, 6) is 0.477.